The van der Waals surface area contributed by atoms with Crippen LogP contribution in [0.15, 0.2) is 72.9 Å². The Kier molecular flexibility index (Phi) is 3.15. The molecule has 0 bridgehead atoms. The molecule has 0 amide bonds. The zero-order chi connectivity index (χ0) is 13.1. The summed E-state index contributed by atoms with van der Waals surface area (Å²) in [6.07, 6.45) is 2.05. The zero-order valence-corrected chi connectivity index (χ0v) is 10.5. The van der Waals surface area contributed by atoms with Crippen LogP contribution in [0.1, 0.15) is 5.56 Å². The average molecular weight is 251 g/mol. The summed E-state index contributed by atoms with van der Waals surface area (Å²) in [5, 5.41) is 0. The maximum absolute atomic E-state index is 13.0. The first-order valence-corrected chi connectivity index (χ1v) is 6.28. The molecule has 1 heterocycles. The number of nitrogens with zero attached hydrogens (tertiary/aromatic N) is 1. The Morgan fingerprint density at radius 2 is 1.53 bits per heavy atom. The van der Waals surface area contributed by atoms with Crippen LogP contribution in [0.2, 0.25) is 0 Å². The lowest BCUT2D eigenvalue weighted by Gasteiger charge is -2.09. The van der Waals surface area contributed by atoms with Gasteiger partial charge in [-0.25, -0.2) is 4.39 Å². The van der Waals surface area contributed by atoms with Crippen molar-refractivity contribution in [2.45, 2.75) is 6.54 Å². The highest BCUT2D eigenvalue weighted by Gasteiger charge is 2.04. The van der Waals surface area contributed by atoms with Crippen molar-refractivity contribution in [1.29, 1.82) is 0 Å². The predicted molar refractivity (Wildman–Crippen MR) is 75.4 cm³/mol. The van der Waals surface area contributed by atoms with Crippen LogP contribution >= 0.6 is 0 Å². The highest BCUT2D eigenvalue weighted by molar-refractivity contribution is 5.60. The fourth-order valence-electron chi connectivity index (χ4n) is 2.21. The first-order chi connectivity index (χ1) is 9.33. The quantitative estimate of drug-likeness (QED) is 0.652. The maximum Gasteiger partial charge on any atom is 0.123 e. The molecular formula is C17H14FN. The van der Waals surface area contributed by atoms with E-state index >= 15 is 0 Å². The third-order valence-electron chi connectivity index (χ3n) is 3.17. The molecule has 3 rings (SSSR count). The molecular weight excluding hydrogens is 237 g/mol. The summed E-state index contributed by atoms with van der Waals surface area (Å²) in [5.74, 6) is -0.204. The summed E-state index contributed by atoms with van der Waals surface area (Å²) in [6, 6.07) is 21.0. The first-order valence-electron chi connectivity index (χ1n) is 6.28. The van der Waals surface area contributed by atoms with Crippen molar-refractivity contribution < 1.29 is 4.39 Å². The van der Waals surface area contributed by atoms with Gasteiger partial charge in [0.05, 0.1) is 0 Å². The van der Waals surface area contributed by atoms with E-state index in [1.807, 2.05) is 42.6 Å². The van der Waals surface area contributed by atoms with Gasteiger partial charge in [0, 0.05) is 18.4 Å². The summed E-state index contributed by atoms with van der Waals surface area (Å²) >= 11 is 0. The minimum atomic E-state index is -0.204. The average Bonchev–Trinajstić information content (AvgIpc) is 2.89. The Labute approximate surface area is 111 Å². The molecule has 0 atom stereocenters. The molecule has 2 heteroatoms. The molecule has 3 aromatic rings. The molecule has 0 unspecified atom stereocenters. The SMILES string of the molecule is Fc1ccc(-c2cccn2Cc2ccccc2)cc1. The maximum atomic E-state index is 13.0. The van der Waals surface area contributed by atoms with Gasteiger partial charge >= 0.3 is 0 Å². The number of rotatable bonds is 3. The van der Waals surface area contributed by atoms with E-state index in [4.69, 9.17) is 0 Å². The van der Waals surface area contributed by atoms with Crippen LogP contribution in [0.4, 0.5) is 4.39 Å². The topological polar surface area (TPSA) is 4.93 Å². The van der Waals surface area contributed by atoms with E-state index in [-0.39, 0.29) is 5.82 Å². The van der Waals surface area contributed by atoms with Crippen molar-refractivity contribution >= 4 is 0 Å². The van der Waals surface area contributed by atoms with Gasteiger partial charge in [-0.15, -0.1) is 0 Å². The fourth-order valence-corrected chi connectivity index (χ4v) is 2.21. The van der Waals surface area contributed by atoms with Crippen molar-refractivity contribution in [2.75, 3.05) is 0 Å². The second-order valence-electron chi connectivity index (χ2n) is 4.51. The molecule has 0 saturated heterocycles. The summed E-state index contributed by atoms with van der Waals surface area (Å²) in [7, 11) is 0. The molecule has 0 aliphatic carbocycles. The molecule has 0 N–H and O–H groups in total. The largest absolute Gasteiger partial charge is 0.343 e. The Balaban J connectivity index is 1.92. The standard InChI is InChI=1S/C17H14FN/c18-16-10-8-15(9-11-16)17-7-4-12-19(17)13-14-5-2-1-3-6-14/h1-12H,13H2. The van der Waals surface area contributed by atoms with Gasteiger partial charge < -0.3 is 4.57 Å². The van der Waals surface area contributed by atoms with Gasteiger partial charge in [-0.2, -0.15) is 0 Å². The van der Waals surface area contributed by atoms with E-state index in [9.17, 15) is 4.39 Å². The normalized spacial score (nSPS) is 10.6. The van der Waals surface area contributed by atoms with E-state index in [1.54, 1.807) is 0 Å². The molecule has 1 nitrogen and oxygen atoms in total. The zero-order valence-electron chi connectivity index (χ0n) is 10.5. The predicted octanol–water partition coefficient (Wildman–Crippen LogP) is 4.34. The number of benzene rings is 2. The number of hydrogen-bond acceptors (Lipinski definition) is 0. The van der Waals surface area contributed by atoms with Gasteiger partial charge in [0.15, 0.2) is 0 Å². The van der Waals surface area contributed by atoms with Gasteiger partial charge in [-0.1, -0.05) is 30.3 Å². The Bertz CT molecular complexity index is 653. The lowest BCUT2D eigenvalue weighted by Crippen LogP contribution is -1.99. The van der Waals surface area contributed by atoms with E-state index in [2.05, 4.69) is 22.8 Å². The lowest BCUT2D eigenvalue weighted by atomic mass is 10.1. The molecule has 0 aliphatic heterocycles. The van der Waals surface area contributed by atoms with Gasteiger partial charge in [0.2, 0.25) is 0 Å². The first kappa shape index (κ1) is 11.7. The van der Waals surface area contributed by atoms with Crippen molar-refractivity contribution in [3.8, 4) is 11.3 Å². The Morgan fingerprint density at radius 3 is 2.26 bits per heavy atom. The molecule has 0 spiro atoms. The van der Waals surface area contributed by atoms with E-state index in [1.165, 1.54) is 17.7 Å². The monoisotopic (exact) mass is 251 g/mol. The second-order valence-corrected chi connectivity index (χ2v) is 4.51. The van der Waals surface area contributed by atoms with Crippen molar-refractivity contribution in [1.82, 2.24) is 4.57 Å². The van der Waals surface area contributed by atoms with Gasteiger partial charge in [0.25, 0.3) is 0 Å². The van der Waals surface area contributed by atoms with Gasteiger partial charge in [-0.3, -0.25) is 0 Å². The van der Waals surface area contributed by atoms with Crippen LogP contribution in [-0.4, -0.2) is 4.57 Å². The smallest absolute Gasteiger partial charge is 0.123 e. The van der Waals surface area contributed by atoms with Gasteiger partial charge in [-0.05, 0) is 47.5 Å². The molecule has 0 fully saturated rings. The number of halogens is 1. The molecule has 19 heavy (non-hydrogen) atoms. The fraction of sp³-hybridized carbons (Fsp3) is 0.0588. The Hall–Kier alpha value is -2.35. The van der Waals surface area contributed by atoms with Crippen molar-refractivity contribution in [2.24, 2.45) is 0 Å². The minimum Gasteiger partial charge on any atom is -0.343 e. The van der Waals surface area contributed by atoms with Crippen molar-refractivity contribution in [3.63, 3.8) is 0 Å². The summed E-state index contributed by atoms with van der Waals surface area (Å²) in [6.45, 7) is 0.820. The third-order valence-corrected chi connectivity index (χ3v) is 3.17. The second kappa shape index (κ2) is 5.11. The number of aromatic nitrogens is 1. The molecule has 0 aliphatic rings. The van der Waals surface area contributed by atoms with Crippen LogP contribution in [-0.2, 0) is 6.54 Å². The molecule has 0 saturated carbocycles. The highest BCUT2D eigenvalue weighted by atomic mass is 19.1. The molecule has 0 radical (unpaired) electrons. The summed E-state index contributed by atoms with van der Waals surface area (Å²) in [5.41, 5.74) is 3.38. The van der Waals surface area contributed by atoms with E-state index < -0.39 is 0 Å². The minimum absolute atomic E-state index is 0.204. The van der Waals surface area contributed by atoms with Gasteiger partial charge in [0.1, 0.15) is 5.82 Å². The van der Waals surface area contributed by atoms with Crippen LogP contribution < -0.4 is 0 Å². The van der Waals surface area contributed by atoms with Crippen LogP contribution in [0.3, 0.4) is 0 Å². The third kappa shape index (κ3) is 2.58. The molecule has 1 aromatic heterocycles. The number of hydrogen-bond donors (Lipinski definition) is 0. The highest BCUT2D eigenvalue weighted by Crippen LogP contribution is 2.21. The molecule has 2 aromatic carbocycles. The lowest BCUT2D eigenvalue weighted by molar-refractivity contribution is 0.628. The van der Waals surface area contributed by atoms with E-state index in [0.29, 0.717) is 0 Å². The van der Waals surface area contributed by atoms with Crippen LogP contribution in [0, 0.1) is 5.82 Å². The molecule has 94 valence electrons. The van der Waals surface area contributed by atoms with E-state index in [0.717, 1.165) is 17.8 Å². The summed E-state index contributed by atoms with van der Waals surface area (Å²) < 4.78 is 15.1. The summed E-state index contributed by atoms with van der Waals surface area (Å²) in [4.78, 5) is 0. The van der Waals surface area contributed by atoms with Crippen molar-refractivity contribution in [3.05, 3.63) is 84.3 Å². The van der Waals surface area contributed by atoms with Crippen LogP contribution in [0.25, 0.3) is 11.3 Å². The Morgan fingerprint density at radius 1 is 0.789 bits per heavy atom. The van der Waals surface area contributed by atoms with Crippen LogP contribution in [0.5, 0.6) is 0 Å².